The molecule has 0 bridgehead atoms. The van der Waals surface area contributed by atoms with Crippen molar-refractivity contribution in [2.75, 3.05) is 6.61 Å². The van der Waals surface area contributed by atoms with Gasteiger partial charge in [-0.1, -0.05) is 31.2 Å². The minimum absolute atomic E-state index is 0.0889. The molecular formula is C12H18O2. The van der Waals surface area contributed by atoms with Crippen molar-refractivity contribution in [2.24, 2.45) is 11.8 Å². The molecule has 1 aliphatic rings. The number of hydrogen-bond donors (Lipinski definition) is 0. The van der Waals surface area contributed by atoms with Crippen molar-refractivity contribution in [3.05, 3.63) is 24.3 Å². The molecule has 2 nitrogen and oxygen atoms in total. The van der Waals surface area contributed by atoms with Crippen LogP contribution in [0, 0.1) is 11.8 Å². The lowest BCUT2D eigenvalue weighted by Gasteiger charge is -2.12. The molecule has 0 aromatic carbocycles. The van der Waals surface area contributed by atoms with Crippen LogP contribution in [0.3, 0.4) is 0 Å². The zero-order chi connectivity index (χ0) is 10.4. The van der Waals surface area contributed by atoms with E-state index in [-0.39, 0.29) is 11.9 Å². The average Bonchev–Trinajstić information content (AvgIpc) is 2.12. The molecule has 0 spiro atoms. The highest BCUT2D eigenvalue weighted by atomic mass is 16.5. The third-order valence-corrected chi connectivity index (χ3v) is 2.33. The Morgan fingerprint density at radius 1 is 1.36 bits per heavy atom. The van der Waals surface area contributed by atoms with Crippen LogP contribution in [0.25, 0.3) is 0 Å². The summed E-state index contributed by atoms with van der Waals surface area (Å²) in [6.45, 7) is 4.44. The quantitative estimate of drug-likeness (QED) is 0.499. The van der Waals surface area contributed by atoms with Gasteiger partial charge in [0.1, 0.15) is 0 Å². The van der Waals surface area contributed by atoms with E-state index in [9.17, 15) is 4.79 Å². The molecule has 14 heavy (non-hydrogen) atoms. The molecule has 0 amide bonds. The van der Waals surface area contributed by atoms with Crippen molar-refractivity contribution in [1.82, 2.24) is 0 Å². The van der Waals surface area contributed by atoms with E-state index in [1.54, 1.807) is 0 Å². The van der Waals surface area contributed by atoms with E-state index < -0.39 is 0 Å². The van der Waals surface area contributed by atoms with Crippen LogP contribution in [-0.4, -0.2) is 12.6 Å². The molecule has 0 aliphatic heterocycles. The van der Waals surface area contributed by atoms with Gasteiger partial charge in [-0.3, -0.25) is 4.79 Å². The molecule has 0 saturated carbocycles. The van der Waals surface area contributed by atoms with Crippen molar-refractivity contribution in [3.63, 3.8) is 0 Å². The molecule has 0 N–H and O–H groups in total. The van der Waals surface area contributed by atoms with E-state index in [2.05, 4.69) is 25.2 Å². The van der Waals surface area contributed by atoms with Crippen molar-refractivity contribution in [2.45, 2.75) is 26.7 Å². The second-order valence-corrected chi connectivity index (χ2v) is 3.66. The first-order valence-corrected chi connectivity index (χ1v) is 5.24. The van der Waals surface area contributed by atoms with Gasteiger partial charge < -0.3 is 4.74 Å². The molecule has 0 radical (unpaired) electrons. The first kappa shape index (κ1) is 11.0. The van der Waals surface area contributed by atoms with Crippen LogP contribution in [0.1, 0.15) is 26.7 Å². The molecule has 2 heteroatoms. The molecule has 0 aromatic rings. The maximum absolute atomic E-state index is 11.5. The van der Waals surface area contributed by atoms with Crippen molar-refractivity contribution in [1.29, 1.82) is 0 Å². The van der Waals surface area contributed by atoms with E-state index in [1.807, 2.05) is 13.0 Å². The maximum atomic E-state index is 11.5. The summed E-state index contributed by atoms with van der Waals surface area (Å²) in [5.41, 5.74) is 0. The molecule has 0 saturated heterocycles. The lowest BCUT2D eigenvalue weighted by molar-refractivity contribution is -0.146. The highest BCUT2D eigenvalue weighted by Crippen LogP contribution is 2.16. The van der Waals surface area contributed by atoms with Gasteiger partial charge in [0.2, 0.25) is 0 Å². The molecule has 2 unspecified atom stereocenters. The predicted octanol–water partition coefficient (Wildman–Crippen LogP) is 2.71. The van der Waals surface area contributed by atoms with E-state index in [4.69, 9.17) is 4.74 Å². The number of rotatable bonds is 2. The smallest absolute Gasteiger partial charge is 0.313 e. The predicted molar refractivity (Wildman–Crippen MR) is 56.8 cm³/mol. The van der Waals surface area contributed by atoms with Gasteiger partial charge in [0.25, 0.3) is 0 Å². The van der Waals surface area contributed by atoms with Gasteiger partial charge in [-0.25, -0.2) is 0 Å². The van der Waals surface area contributed by atoms with E-state index in [0.717, 1.165) is 12.8 Å². The van der Waals surface area contributed by atoms with Gasteiger partial charge in [0, 0.05) is 0 Å². The molecule has 0 fully saturated rings. The van der Waals surface area contributed by atoms with Crippen LogP contribution in [0.2, 0.25) is 0 Å². The molecule has 1 aliphatic carbocycles. The Bertz CT molecular complexity index is 241. The van der Waals surface area contributed by atoms with E-state index in [1.165, 1.54) is 0 Å². The van der Waals surface area contributed by atoms with Crippen molar-refractivity contribution < 1.29 is 9.53 Å². The largest absolute Gasteiger partial charge is 0.466 e. The topological polar surface area (TPSA) is 26.3 Å². The minimum Gasteiger partial charge on any atom is -0.466 e. The summed E-state index contributed by atoms with van der Waals surface area (Å²) in [6, 6.07) is 0. The Hall–Kier alpha value is -1.05. The summed E-state index contributed by atoms with van der Waals surface area (Å²) in [7, 11) is 0. The number of ether oxygens (including phenoxy) is 1. The fourth-order valence-corrected chi connectivity index (χ4v) is 1.46. The van der Waals surface area contributed by atoms with Gasteiger partial charge in [-0.15, -0.1) is 0 Å². The van der Waals surface area contributed by atoms with Gasteiger partial charge >= 0.3 is 5.97 Å². The zero-order valence-corrected chi connectivity index (χ0v) is 8.90. The summed E-state index contributed by atoms with van der Waals surface area (Å²) in [5.74, 6) is 0.319. The molecule has 78 valence electrons. The highest BCUT2D eigenvalue weighted by molar-refractivity contribution is 5.74. The fourth-order valence-electron chi connectivity index (χ4n) is 1.46. The second kappa shape index (κ2) is 5.63. The Kier molecular flexibility index (Phi) is 4.44. The van der Waals surface area contributed by atoms with Crippen LogP contribution in [0.15, 0.2) is 24.3 Å². The van der Waals surface area contributed by atoms with Gasteiger partial charge in [-0.2, -0.15) is 0 Å². The summed E-state index contributed by atoms with van der Waals surface area (Å²) in [5, 5.41) is 0. The van der Waals surface area contributed by atoms with Crippen LogP contribution in [0.5, 0.6) is 0 Å². The summed E-state index contributed by atoms with van der Waals surface area (Å²) < 4.78 is 4.99. The standard InChI is InChI=1S/C12H18O2/c1-3-14-12(13)11-7-5-4-6-10(2)8-9-11/h4-5,8-11H,3,6-7H2,1-2H3. The normalized spacial score (nSPS) is 26.7. The molecule has 2 atom stereocenters. The van der Waals surface area contributed by atoms with Gasteiger partial charge in [-0.05, 0) is 25.7 Å². The van der Waals surface area contributed by atoms with Crippen LogP contribution in [0.4, 0.5) is 0 Å². The Labute approximate surface area is 85.6 Å². The van der Waals surface area contributed by atoms with Crippen molar-refractivity contribution in [3.8, 4) is 0 Å². The number of carbonyl (C=O) groups is 1. The maximum Gasteiger partial charge on any atom is 0.313 e. The first-order valence-electron chi connectivity index (χ1n) is 5.24. The third-order valence-electron chi connectivity index (χ3n) is 2.33. The highest BCUT2D eigenvalue weighted by Gasteiger charge is 2.16. The van der Waals surface area contributed by atoms with Gasteiger partial charge in [0.15, 0.2) is 0 Å². The number of carbonyl (C=O) groups excluding carboxylic acids is 1. The lowest BCUT2D eigenvalue weighted by atomic mass is 9.97. The molecule has 0 aromatic heterocycles. The number of esters is 1. The van der Waals surface area contributed by atoms with E-state index in [0.29, 0.717) is 12.5 Å². The zero-order valence-electron chi connectivity index (χ0n) is 8.90. The lowest BCUT2D eigenvalue weighted by Crippen LogP contribution is -2.16. The minimum atomic E-state index is -0.109. The summed E-state index contributed by atoms with van der Waals surface area (Å²) in [4.78, 5) is 11.5. The summed E-state index contributed by atoms with van der Waals surface area (Å²) in [6.07, 6.45) is 10.1. The van der Waals surface area contributed by atoms with Crippen LogP contribution in [-0.2, 0) is 9.53 Å². The second-order valence-electron chi connectivity index (χ2n) is 3.66. The Morgan fingerprint density at radius 2 is 2.07 bits per heavy atom. The molecule has 1 rings (SSSR count). The Balaban J connectivity index is 2.58. The average molecular weight is 194 g/mol. The molecule has 0 heterocycles. The van der Waals surface area contributed by atoms with Crippen LogP contribution < -0.4 is 0 Å². The molecular weight excluding hydrogens is 176 g/mol. The number of allylic oxidation sites excluding steroid dienone is 3. The van der Waals surface area contributed by atoms with E-state index >= 15 is 0 Å². The van der Waals surface area contributed by atoms with Crippen LogP contribution >= 0.6 is 0 Å². The monoisotopic (exact) mass is 194 g/mol. The summed E-state index contributed by atoms with van der Waals surface area (Å²) >= 11 is 0. The van der Waals surface area contributed by atoms with Gasteiger partial charge in [0.05, 0.1) is 12.5 Å². The SMILES string of the molecule is CCOC(=O)C1C=CC(C)CC=CC1. The van der Waals surface area contributed by atoms with Crippen molar-refractivity contribution >= 4 is 5.97 Å². The number of hydrogen-bond acceptors (Lipinski definition) is 2. The fraction of sp³-hybridized carbons (Fsp3) is 0.583. The first-order chi connectivity index (χ1) is 6.74. The Morgan fingerprint density at radius 3 is 2.79 bits per heavy atom. The third kappa shape index (κ3) is 3.36.